The summed E-state index contributed by atoms with van der Waals surface area (Å²) in [6.45, 7) is 6.90. The summed E-state index contributed by atoms with van der Waals surface area (Å²) >= 11 is 0. The fourth-order valence-corrected chi connectivity index (χ4v) is 7.50. The Morgan fingerprint density at radius 3 is 1.54 bits per heavy atom. The van der Waals surface area contributed by atoms with Crippen LogP contribution >= 0.6 is 0 Å². The zero-order valence-corrected chi connectivity index (χ0v) is 42.3. The van der Waals surface area contributed by atoms with Gasteiger partial charge in [-0.05, 0) is 82.8 Å². The minimum Gasteiger partial charge on any atom is -0.497 e. The van der Waals surface area contributed by atoms with Gasteiger partial charge in [-0.1, -0.05) is 6.58 Å². The van der Waals surface area contributed by atoms with Gasteiger partial charge in [0.15, 0.2) is 11.6 Å². The van der Waals surface area contributed by atoms with Crippen LogP contribution < -0.4 is 50.4 Å². The monoisotopic (exact) mass is 979 g/mol. The number of nitrogens with one attached hydrogen (secondary N) is 3. The van der Waals surface area contributed by atoms with Gasteiger partial charge in [-0.25, -0.2) is 19.3 Å². The van der Waals surface area contributed by atoms with Gasteiger partial charge in [-0.2, -0.15) is 20.2 Å². The first kappa shape index (κ1) is 51.2. The Bertz CT molecular complexity index is 3150. The summed E-state index contributed by atoms with van der Waals surface area (Å²) in [5.74, 6) is 4.39. The molecule has 0 bridgehead atoms. The molecule has 376 valence electrons. The Morgan fingerprint density at radius 1 is 0.611 bits per heavy atom. The normalized spacial score (nSPS) is 11.0. The molecule has 0 spiro atoms. The van der Waals surface area contributed by atoms with Gasteiger partial charge in [0.1, 0.15) is 23.0 Å². The van der Waals surface area contributed by atoms with E-state index in [1.807, 2.05) is 96.9 Å². The van der Waals surface area contributed by atoms with E-state index in [-0.39, 0.29) is 5.91 Å². The van der Waals surface area contributed by atoms with E-state index in [0.717, 1.165) is 70.9 Å². The predicted molar refractivity (Wildman–Crippen MR) is 286 cm³/mol. The second-order valence-electron chi connectivity index (χ2n) is 17.0. The number of amides is 1. The molecule has 4 aromatic heterocycles. The average Bonchev–Trinajstić information content (AvgIpc) is 4.02. The number of benzene rings is 4. The first-order valence-corrected chi connectivity index (χ1v) is 22.8. The molecule has 0 unspecified atom stereocenters. The third-order valence-corrected chi connectivity index (χ3v) is 11.5. The van der Waals surface area contributed by atoms with Gasteiger partial charge in [-0.15, -0.1) is 0 Å². The second-order valence-corrected chi connectivity index (χ2v) is 17.0. The van der Waals surface area contributed by atoms with Crippen molar-refractivity contribution in [3.8, 4) is 34.6 Å². The fraction of sp³-hybridized carbons (Fsp3) is 0.275. The maximum Gasteiger partial charge on any atom is 0.247 e. The molecule has 0 aliphatic heterocycles. The van der Waals surface area contributed by atoms with Crippen LogP contribution in [-0.4, -0.2) is 152 Å². The third kappa shape index (κ3) is 12.2. The topological polar surface area (TPSA) is 216 Å². The van der Waals surface area contributed by atoms with Crippen molar-refractivity contribution in [2.24, 2.45) is 0 Å². The van der Waals surface area contributed by atoms with Crippen molar-refractivity contribution in [2.45, 2.75) is 0 Å². The van der Waals surface area contributed by atoms with E-state index in [9.17, 15) is 4.79 Å². The van der Waals surface area contributed by atoms with E-state index >= 15 is 0 Å². The van der Waals surface area contributed by atoms with Gasteiger partial charge in [0, 0.05) is 87.7 Å². The van der Waals surface area contributed by atoms with Gasteiger partial charge in [-0.3, -0.25) is 4.79 Å². The summed E-state index contributed by atoms with van der Waals surface area (Å²) in [6, 6.07) is 22.5. The van der Waals surface area contributed by atoms with Gasteiger partial charge in [0.05, 0.1) is 86.0 Å². The maximum atomic E-state index is 12.2. The molecule has 0 atom stereocenters. The van der Waals surface area contributed by atoms with Crippen LogP contribution in [0.1, 0.15) is 0 Å². The average molecular weight is 979 g/mol. The summed E-state index contributed by atoms with van der Waals surface area (Å²) in [7, 11) is 18.6. The van der Waals surface area contributed by atoms with E-state index in [2.05, 4.69) is 72.3 Å². The minimum atomic E-state index is -0.316. The molecule has 0 radical (unpaired) electrons. The highest BCUT2D eigenvalue weighted by Crippen LogP contribution is 2.39. The molecule has 8 rings (SSSR count). The quantitative estimate of drug-likeness (QED) is 0.0453. The Balaban J connectivity index is 0.000000213. The smallest absolute Gasteiger partial charge is 0.247 e. The molecule has 0 aliphatic rings. The van der Waals surface area contributed by atoms with E-state index < -0.39 is 0 Å². The lowest BCUT2D eigenvalue weighted by Gasteiger charge is -2.26. The molecule has 21 nitrogen and oxygen atoms in total. The molecule has 0 saturated carbocycles. The molecule has 0 saturated heterocycles. The van der Waals surface area contributed by atoms with Crippen molar-refractivity contribution in [2.75, 3.05) is 128 Å². The SMILES string of the molecule is C=CC(=O)Nc1cc(Nc2nccc(-n3ncc4cc(OC)ccc43)n2)c(OC)cc1N(C)CCN(C)C.COc1ccc2c(cnn2-c2ccnc(Nc3cc(N)c(N(C)CCN(C)C)cc3OC)n2)c1. The highest BCUT2D eigenvalue weighted by Gasteiger charge is 2.19. The standard InChI is InChI=1S/C27H32N8O3.C24H30N8O2/c1-7-26(36)30-20-15-21(24(38-6)16-23(20)34(4)13-12-33(2)3)31-27-28-11-10-25(32-27)35-22-9-8-19(37-5)14-18(22)17-29-35;1-30(2)10-11-31(3)21-14-22(34-5)19(13-18(21)25)28-24-26-9-8-23(29-24)32-20-7-6-17(33-4)12-16(20)15-27-32/h7-11,14-17H,1,12-13H2,2-6H3,(H,30,36)(H,28,31,32);6-9,12-15H,10-11,25H2,1-5H3,(H,26,28,29). The number of anilines is 8. The van der Waals surface area contributed by atoms with Crippen LogP contribution in [0.2, 0.25) is 0 Å². The van der Waals surface area contributed by atoms with E-state index in [1.165, 1.54) is 6.08 Å². The number of nitrogens with two attached hydrogens (primary N) is 1. The van der Waals surface area contributed by atoms with Crippen LogP contribution in [-0.2, 0) is 4.79 Å². The molecule has 21 heteroatoms. The molecule has 0 fully saturated rings. The first-order valence-electron chi connectivity index (χ1n) is 22.8. The predicted octanol–water partition coefficient (Wildman–Crippen LogP) is 6.85. The minimum absolute atomic E-state index is 0.316. The number of methoxy groups -OCH3 is 4. The number of ether oxygens (including phenoxy) is 4. The third-order valence-electron chi connectivity index (χ3n) is 11.5. The number of nitrogen functional groups attached to an aromatic ring is 1. The Labute approximate surface area is 418 Å². The summed E-state index contributed by atoms with van der Waals surface area (Å²) in [6.07, 6.45) is 8.11. The van der Waals surface area contributed by atoms with Crippen LogP contribution in [0.4, 0.5) is 46.0 Å². The Kier molecular flexibility index (Phi) is 16.5. The molecule has 1 amide bonds. The number of nitrogens with zero attached hydrogens (tertiary/aromatic N) is 12. The lowest BCUT2D eigenvalue weighted by molar-refractivity contribution is -0.111. The zero-order valence-electron chi connectivity index (χ0n) is 42.3. The van der Waals surface area contributed by atoms with Crippen molar-refractivity contribution >= 4 is 73.7 Å². The molecule has 4 heterocycles. The Hall–Kier alpha value is -8.69. The number of hydrogen-bond donors (Lipinski definition) is 4. The first-order chi connectivity index (χ1) is 34.7. The van der Waals surface area contributed by atoms with Crippen molar-refractivity contribution < 1.29 is 23.7 Å². The number of likely N-dealkylation sites (N-methyl/N-ethyl adjacent to an activating group) is 4. The van der Waals surface area contributed by atoms with Crippen molar-refractivity contribution in [3.05, 3.63) is 110 Å². The number of carbonyl (C=O) groups excluding carboxylic acids is 1. The summed E-state index contributed by atoms with van der Waals surface area (Å²) in [5, 5.41) is 20.2. The summed E-state index contributed by atoms with van der Waals surface area (Å²) < 4.78 is 25.4. The number of fused-ring (bicyclic) bond motifs is 2. The van der Waals surface area contributed by atoms with Gasteiger partial charge in [0.2, 0.25) is 17.8 Å². The molecule has 5 N–H and O–H groups in total. The molecule has 72 heavy (non-hydrogen) atoms. The van der Waals surface area contributed by atoms with Crippen LogP contribution in [0.5, 0.6) is 23.0 Å². The molecular weight excluding hydrogens is 917 g/mol. The van der Waals surface area contributed by atoms with E-state index in [4.69, 9.17) is 24.7 Å². The number of rotatable bonds is 20. The lowest BCUT2D eigenvalue weighted by Crippen LogP contribution is -2.29. The highest BCUT2D eigenvalue weighted by atomic mass is 16.5. The fourth-order valence-electron chi connectivity index (χ4n) is 7.50. The number of hydrogen-bond acceptors (Lipinski definition) is 18. The summed E-state index contributed by atoms with van der Waals surface area (Å²) in [5.41, 5.74) is 12.4. The molecular formula is C51H62N16O5. The van der Waals surface area contributed by atoms with Gasteiger partial charge >= 0.3 is 0 Å². The lowest BCUT2D eigenvalue weighted by atomic mass is 10.2. The van der Waals surface area contributed by atoms with Crippen LogP contribution in [0.25, 0.3) is 33.4 Å². The Morgan fingerprint density at radius 2 is 1.08 bits per heavy atom. The van der Waals surface area contributed by atoms with Crippen LogP contribution in [0.3, 0.4) is 0 Å². The van der Waals surface area contributed by atoms with Gasteiger partial charge in [0.25, 0.3) is 0 Å². The summed E-state index contributed by atoms with van der Waals surface area (Å²) in [4.78, 5) is 38.7. The van der Waals surface area contributed by atoms with Crippen molar-refractivity contribution in [1.82, 2.24) is 49.3 Å². The van der Waals surface area contributed by atoms with Gasteiger partial charge < -0.3 is 60.2 Å². The number of aromatic nitrogens is 8. The second kappa shape index (κ2) is 23.3. The highest BCUT2D eigenvalue weighted by molar-refractivity contribution is 6.02. The molecule has 8 aromatic rings. The van der Waals surface area contributed by atoms with E-state index in [0.29, 0.717) is 57.8 Å². The van der Waals surface area contributed by atoms with Crippen LogP contribution in [0, 0.1) is 0 Å². The molecule has 0 aliphatic carbocycles. The maximum absolute atomic E-state index is 12.2. The zero-order chi connectivity index (χ0) is 51.5. The largest absolute Gasteiger partial charge is 0.497 e. The van der Waals surface area contributed by atoms with Crippen molar-refractivity contribution in [3.63, 3.8) is 0 Å². The number of carbonyl (C=O) groups is 1. The van der Waals surface area contributed by atoms with Crippen LogP contribution in [0.15, 0.2) is 110 Å². The molecule has 4 aromatic carbocycles. The van der Waals surface area contributed by atoms with Crippen molar-refractivity contribution in [1.29, 1.82) is 0 Å². The van der Waals surface area contributed by atoms with E-state index in [1.54, 1.807) is 80.8 Å².